The van der Waals surface area contributed by atoms with E-state index in [-0.39, 0.29) is 6.54 Å². The fraction of sp³-hybridized carbons (Fsp3) is 0.333. The van der Waals surface area contributed by atoms with Crippen molar-refractivity contribution in [3.05, 3.63) is 36.3 Å². The third kappa shape index (κ3) is 4.06. The molecule has 19 heavy (non-hydrogen) atoms. The molecule has 0 aliphatic carbocycles. The van der Waals surface area contributed by atoms with E-state index in [0.29, 0.717) is 6.54 Å². The van der Waals surface area contributed by atoms with E-state index in [4.69, 9.17) is 0 Å². The van der Waals surface area contributed by atoms with Gasteiger partial charge in [-0.25, -0.2) is 0 Å². The zero-order valence-electron chi connectivity index (χ0n) is 10.0. The van der Waals surface area contributed by atoms with Crippen LogP contribution in [0.5, 0.6) is 0 Å². The van der Waals surface area contributed by atoms with Gasteiger partial charge in [0.05, 0.1) is 18.3 Å². The Kier molecular flexibility index (Phi) is 4.16. The van der Waals surface area contributed by atoms with Gasteiger partial charge in [0.1, 0.15) is 0 Å². The number of aromatic amines is 1. The van der Waals surface area contributed by atoms with Crippen molar-refractivity contribution >= 4 is 0 Å². The smallest absolute Gasteiger partial charge is 0.312 e. The van der Waals surface area contributed by atoms with E-state index in [0.717, 1.165) is 16.8 Å². The van der Waals surface area contributed by atoms with Crippen molar-refractivity contribution in [3.63, 3.8) is 0 Å². The number of alkyl halides is 3. The van der Waals surface area contributed by atoms with Crippen molar-refractivity contribution in [2.45, 2.75) is 19.1 Å². The Bertz CT molecular complexity index is 507. The van der Waals surface area contributed by atoms with Crippen LogP contribution in [0.2, 0.25) is 0 Å². The molecule has 0 aromatic carbocycles. The van der Waals surface area contributed by atoms with Crippen molar-refractivity contribution in [3.8, 4) is 11.3 Å². The lowest BCUT2D eigenvalue weighted by Gasteiger charge is -2.08. The van der Waals surface area contributed by atoms with Crippen LogP contribution in [0.1, 0.15) is 12.0 Å². The second kappa shape index (κ2) is 5.83. The fourth-order valence-corrected chi connectivity index (χ4v) is 1.66. The van der Waals surface area contributed by atoms with E-state index in [1.54, 1.807) is 24.7 Å². The van der Waals surface area contributed by atoms with E-state index >= 15 is 0 Å². The second-order valence-corrected chi connectivity index (χ2v) is 4.05. The molecule has 102 valence electrons. The minimum atomic E-state index is -4.13. The van der Waals surface area contributed by atoms with Crippen LogP contribution in [0.3, 0.4) is 0 Å². The number of nitrogens with one attached hydrogen (secondary N) is 2. The lowest BCUT2D eigenvalue weighted by atomic mass is 10.1. The van der Waals surface area contributed by atoms with Gasteiger partial charge in [0.15, 0.2) is 0 Å². The van der Waals surface area contributed by atoms with Gasteiger partial charge in [-0.3, -0.25) is 10.1 Å². The first-order valence-corrected chi connectivity index (χ1v) is 5.76. The molecule has 7 heteroatoms. The predicted octanol–water partition coefficient (Wildman–Crippen LogP) is 2.51. The number of nitrogens with zero attached hydrogens (tertiary/aromatic N) is 2. The largest absolute Gasteiger partial charge is 0.390 e. The SMILES string of the molecule is FC(F)(F)CCNCc1cn[nH]c1-c1cccnc1. The molecule has 0 radical (unpaired) electrons. The standard InChI is InChI=1S/C12H13F3N4/c13-12(14,15)3-5-17-7-10-8-18-19-11(10)9-2-1-4-16-6-9/h1-2,4,6,8,17H,3,5,7H2,(H,18,19). The van der Waals surface area contributed by atoms with Gasteiger partial charge in [-0.1, -0.05) is 0 Å². The maximum Gasteiger partial charge on any atom is 0.390 e. The average Bonchev–Trinajstić information content (AvgIpc) is 2.83. The molecule has 0 unspecified atom stereocenters. The van der Waals surface area contributed by atoms with E-state index in [1.165, 1.54) is 0 Å². The number of rotatable bonds is 5. The lowest BCUT2D eigenvalue weighted by Crippen LogP contribution is -2.21. The van der Waals surface area contributed by atoms with Crippen LogP contribution in [0.4, 0.5) is 13.2 Å². The van der Waals surface area contributed by atoms with E-state index in [9.17, 15) is 13.2 Å². The number of halogens is 3. The van der Waals surface area contributed by atoms with Crippen LogP contribution in [-0.2, 0) is 6.54 Å². The second-order valence-electron chi connectivity index (χ2n) is 4.05. The van der Waals surface area contributed by atoms with Gasteiger partial charge in [0, 0.05) is 36.6 Å². The summed E-state index contributed by atoms with van der Waals surface area (Å²) in [5.74, 6) is 0. The minimum Gasteiger partial charge on any atom is -0.312 e. The van der Waals surface area contributed by atoms with Gasteiger partial charge in [-0.15, -0.1) is 0 Å². The molecular weight excluding hydrogens is 257 g/mol. The molecule has 0 bridgehead atoms. The van der Waals surface area contributed by atoms with Crippen molar-refractivity contribution in [1.29, 1.82) is 0 Å². The topological polar surface area (TPSA) is 53.6 Å². The molecule has 4 nitrogen and oxygen atoms in total. The molecule has 2 aromatic heterocycles. The molecular formula is C12H13F3N4. The van der Waals surface area contributed by atoms with Crippen LogP contribution in [-0.4, -0.2) is 27.9 Å². The third-order valence-electron chi connectivity index (χ3n) is 2.57. The number of hydrogen-bond acceptors (Lipinski definition) is 3. The summed E-state index contributed by atoms with van der Waals surface area (Å²) in [5.41, 5.74) is 2.44. The molecule has 0 fully saturated rings. The predicted molar refractivity (Wildman–Crippen MR) is 64.2 cm³/mol. The maximum atomic E-state index is 12.0. The van der Waals surface area contributed by atoms with E-state index in [2.05, 4.69) is 20.5 Å². The molecule has 0 saturated carbocycles. The lowest BCUT2D eigenvalue weighted by molar-refractivity contribution is -0.133. The van der Waals surface area contributed by atoms with Crippen LogP contribution in [0, 0.1) is 0 Å². The highest BCUT2D eigenvalue weighted by atomic mass is 19.4. The van der Waals surface area contributed by atoms with E-state index in [1.807, 2.05) is 6.07 Å². The highest BCUT2D eigenvalue weighted by Gasteiger charge is 2.25. The first-order chi connectivity index (χ1) is 9.06. The van der Waals surface area contributed by atoms with Gasteiger partial charge in [-0.05, 0) is 12.1 Å². The monoisotopic (exact) mass is 270 g/mol. The molecule has 2 aromatic rings. The van der Waals surface area contributed by atoms with Gasteiger partial charge in [-0.2, -0.15) is 18.3 Å². The Labute approximate surface area is 108 Å². The summed E-state index contributed by atoms with van der Waals surface area (Å²) in [7, 11) is 0. The summed E-state index contributed by atoms with van der Waals surface area (Å²) >= 11 is 0. The highest BCUT2D eigenvalue weighted by Crippen LogP contribution is 2.20. The minimum absolute atomic E-state index is 0.110. The maximum absolute atomic E-state index is 12.0. The molecule has 0 saturated heterocycles. The number of aromatic nitrogens is 3. The van der Waals surface area contributed by atoms with Gasteiger partial charge >= 0.3 is 6.18 Å². The molecule has 0 atom stereocenters. The first kappa shape index (κ1) is 13.5. The van der Waals surface area contributed by atoms with Crippen molar-refractivity contribution in [1.82, 2.24) is 20.5 Å². The summed E-state index contributed by atoms with van der Waals surface area (Å²) in [5, 5.41) is 9.49. The van der Waals surface area contributed by atoms with Gasteiger partial charge < -0.3 is 5.32 Å². The van der Waals surface area contributed by atoms with Crippen LogP contribution >= 0.6 is 0 Å². The Morgan fingerprint density at radius 1 is 1.26 bits per heavy atom. The number of pyridine rings is 1. The Hall–Kier alpha value is -1.89. The molecule has 0 spiro atoms. The summed E-state index contributed by atoms with van der Waals surface area (Å²) in [6.45, 7) is 0.220. The highest BCUT2D eigenvalue weighted by molar-refractivity contribution is 5.61. The fourth-order valence-electron chi connectivity index (χ4n) is 1.66. The summed E-state index contributed by atoms with van der Waals surface area (Å²) in [6.07, 6.45) is -0.0422. The summed E-state index contributed by atoms with van der Waals surface area (Å²) in [6, 6.07) is 3.65. The van der Waals surface area contributed by atoms with E-state index < -0.39 is 12.6 Å². The summed E-state index contributed by atoms with van der Waals surface area (Å²) < 4.78 is 36.0. The molecule has 0 aliphatic rings. The van der Waals surface area contributed by atoms with Gasteiger partial charge in [0.2, 0.25) is 0 Å². The average molecular weight is 270 g/mol. The van der Waals surface area contributed by atoms with Crippen molar-refractivity contribution in [2.24, 2.45) is 0 Å². The quantitative estimate of drug-likeness (QED) is 0.821. The zero-order valence-corrected chi connectivity index (χ0v) is 10.0. The molecule has 0 amide bonds. The third-order valence-corrected chi connectivity index (χ3v) is 2.57. The Morgan fingerprint density at radius 3 is 2.79 bits per heavy atom. The number of H-pyrrole nitrogens is 1. The first-order valence-electron chi connectivity index (χ1n) is 5.76. The Balaban J connectivity index is 1.94. The molecule has 2 heterocycles. The summed E-state index contributed by atoms with van der Waals surface area (Å²) in [4.78, 5) is 3.99. The number of hydrogen-bond donors (Lipinski definition) is 2. The molecule has 2 rings (SSSR count). The van der Waals surface area contributed by atoms with Gasteiger partial charge in [0.25, 0.3) is 0 Å². The van der Waals surface area contributed by atoms with Crippen LogP contribution in [0.15, 0.2) is 30.7 Å². The zero-order chi connectivity index (χ0) is 13.7. The molecule has 0 aliphatic heterocycles. The van der Waals surface area contributed by atoms with Crippen molar-refractivity contribution < 1.29 is 13.2 Å². The van der Waals surface area contributed by atoms with Crippen LogP contribution < -0.4 is 5.32 Å². The van der Waals surface area contributed by atoms with Crippen molar-refractivity contribution in [2.75, 3.05) is 6.54 Å². The van der Waals surface area contributed by atoms with Crippen LogP contribution in [0.25, 0.3) is 11.3 Å². The molecule has 2 N–H and O–H groups in total. The Morgan fingerprint density at radius 2 is 2.11 bits per heavy atom. The normalized spacial score (nSPS) is 11.7.